The van der Waals surface area contributed by atoms with Crippen LogP contribution in [0, 0.1) is 0 Å². The number of rotatable bonds is 7. The van der Waals surface area contributed by atoms with Gasteiger partial charge in [-0.3, -0.25) is 0 Å². The molecule has 0 spiro atoms. The zero-order valence-corrected chi connectivity index (χ0v) is 9.41. The van der Waals surface area contributed by atoms with Gasteiger partial charge in [0.2, 0.25) is 0 Å². The Kier molecular flexibility index (Phi) is 5.67. The smallest absolute Gasteiger partial charge is 0.160 e. The lowest BCUT2D eigenvalue weighted by atomic mass is 10.2. The Labute approximate surface area is 91.9 Å². The molecule has 0 aliphatic heterocycles. The van der Waals surface area contributed by atoms with E-state index in [0.717, 1.165) is 6.42 Å². The van der Waals surface area contributed by atoms with Crippen molar-refractivity contribution in [2.75, 3.05) is 6.61 Å². The molecule has 0 saturated heterocycles. The molecule has 0 aliphatic carbocycles. The van der Waals surface area contributed by atoms with Crippen LogP contribution in [0.15, 0.2) is 24.3 Å². The van der Waals surface area contributed by atoms with Gasteiger partial charge in [0.05, 0.1) is 6.61 Å². The lowest BCUT2D eigenvalue weighted by molar-refractivity contribution is 0.289. The number of benzene rings is 1. The average Bonchev–Trinajstić information content (AvgIpc) is 2.25. The van der Waals surface area contributed by atoms with E-state index in [9.17, 15) is 5.11 Å². The van der Waals surface area contributed by atoms with E-state index in [-0.39, 0.29) is 5.75 Å². The van der Waals surface area contributed by atoms with Gasteiger partial charge in [-0.2, -0.15) is 0 Å². The summed E-state index contributed by atoms with van der Waals surface area (Å²) >= 11 is 0. The summed E-state index contributed by atoms with van der Waals surface area (Å²) in [5.41, 5.74) is 0. The largest absolute Gasteiger partial charge is 0.504 e. The summed E-state index contributed by atoms with van der Waals surface area (Å²) in [7, 11) is 0. The summed E-state index contributed by atoms with van der Waals surface area (Å²) in [6, 6.07) is 7.10. The summed E-state index contributed by atoms with van der Waals surface area (Å²) < 4.78 is 5.47. The van der Waals surface area contributed by atoms with Gasteiger partial charge < -0.3 is 9.84 Å². The molecule has 0 bridgehead atoms. The Morgan fingerprint density at radius 3 is 2.53 bits per heavy atom. The van der Waals surface area contributed by atoms with E-state index in [1.54, 1.807) is 18.2 Å². The molecule has 0 heterocycles. The molecule has 2 nitrogen and oxygen atoms in total. The first-order chi connectivity index (χ1) is 7.34. The molecule has 0 saturated carbocycles. The molecular weight excluding hydrogens is 188 g/mol. The van der Waals surface area contributed by atoms with Gasteiger partial charge in [0.25, 0.3) is 0 Å². The highest BCUT2D eigenvalue weighted by Crippen LogP contribution is 2.24. The van der Waals surface area contributed by atoms with Crippen molar-refractivity contribution in [2.24, 2.45) is 0 Å². The van der Waals surface area contributed by atoms with Crippen molar-refractivity contribution in [2.45, 2.75) is 39.0 Å². The van der Waals surface area contributed by atoms with Crippen LogP contribution in [0.4, 0.5) is 0 Å². The van der Waals surface area contributed by atoms with Gasteiger partial charge in [-0.15, -0.1) is 0 Å². The molecule has 0 aromatic heterocycles. The summed E-state index contributed by atoms with van der Waals surface area (Å²) in [5.74, 6) is 0.819. The zero-order valence-electron chi connectivity index (χ0n) is 9.41. The van der Waals surface area contributed by atoms with Crippen LogP contribution >= 0.6 is 0 Å². The van der Waals surface area contributed by atoms with Crippen LogP contribution in [0.3, 0.4) is 0 Å². The van der Waals surface area contributed by atoms with Crippen LogP contribution in [0.2, 0.25) is 0 Å². The van der Waals surface area contributed by atoms with E-state index in [1.165, 1.54) is 25.7 Å². The second-order valence-electron chi connectivity index (χ2n) is 3.73. The second kappa shape index (κ2) is 7.16. The first kappa shape index (κ1) is 11.9. The minimum Gasteiger partial charge on any atom is -0.504 e. The molecule has 84 valence electrons. The monoisotopic (exact) mass is 208 g/mol. The molecule has 0 atom stereocenters. The maximum absolute atomic E-state index is 9.43. The Hall–Kier alpha value is -1.18. The molecule has 1 rings (SSSR count). The van der Waals surface area contributed by atoms with Crippen molar-refractivity contribution >= 4 is 0 Å². The first-order valence-electron chi connectivity index (χ1n) is 5.75. The van der Waals surface area contributed by atoms with E-state index < -0.39 is 0 Å². The molecule has 0 unspecified atom stereocenters. The van der Waals surface area contributed by atoms with Crippen LogP contribution in [-0.2, 0) is 0 Å². The maximum atomic E-state index is 9.43. The van der Waals surface area contributed by atoms with Crippen LogP contribution < -0.4 is 4.74 Å². The first-order valence-corrected chi connectivity index (χ1v) is 5.75. The molecule has 0 aliphatic rings. The fraction of sp³-hybridized carbons (Fsp3) is 0.538. The summed E-state index contributed by atoms with van der Waals surface area (Å²) in [6.07, 6.45) is 6.12. The van der Waals surface area contributed by atoms with Crippen LogP contribution in [0.1, 0.15) is 39.0 Å². The van der Waals surface area contributed by atoms with Crippen molar-refractivity contribution in [1.29, 1.82) is 0 Å². The Morgan fingerprint density at radius 1 is 1.07 bits per heavy atom. The highest BCUT2D eigenvalue weighted by atomic mass is 16.5. The SMILES string of the molecule is CCCCCCCOc1ccccc1O. The van der Waals surface area contributed by atoms with Gasteiger partial charge in [-0.05, 0) is 18.6 Å². The van der Waals surface area contributed by atoms with Crippen LogP contribution in [-0.4, -0.2) is 11.7 Å². The Bertz CT molecular complexity index is 271. The lowest BCUT2D eigenvalue weighted by Crippen LogP contribution is -1.97. The lowest BCUT2D eigenvalue weighted by Gasteiger charge is -2.07. The molecule has 1 aromatic carbocycles. The predicted molar refractivity (Wildman–Crippen MR) is 62.4 cm³/mol. The second-order valence-corrected chi connectivity index (χ2v) is 3.73. The summed E-state index contributed by atoms with van der Waals surface area (Å²) in [6.45, 7) is 2.90. The predicted octanol–water partition coefficient (Wildman–Crippen LogP) is 3.74. The molecule has 1 aromatic rings. The molecule has 0 fully saturated rings. The van der Waals surface area contributed by atoms with E-state index >= 15 is 0 Å². The average molecular weight is 208 g/mol. The highest BCUT2D eigenvalue weighted by Gasteiger charge is 1.99. The normalized spacial score (nSPS) is 10.2. The number of para-hydroxylation sites is 2. The molecule has 2 heteroatoms. The number of phenols is 1. The highest BCUT2D eigenvalue weighted by molar-refractivity contribution is 5.37. The third-order valence-electron chi connectivity index (χ3n) is 2.37. The topological polar surface area (TPSA) is 29.5 Å². The third kappa shape index (κ3) is 4.73. The molecule has 0 radical (unpaired) electrons. The number of hydrogen-bond acceptors (Lipinski definition) is 2. The quantitative estimate of drug-likeness (QED) is 0.692. The minimum atomic E-state index is 0.228. The Balaban J connectivity index is 2.12. The fourth-order valence-electron chi connectivity index (χ4n) is 1.47. The number of hydrogen-bond donors (Lipinski definition) is 1. The minimum absolute atomic E-state index is 0.228. The fourth-order valence-corrected chi connectivity index (χ4v) is 1.47. The maximum Gasteiger partial charge on any atom is 0.160 e. The van der Waals surface area contributed by atoms with Crippen LogP contribution in [0.25, 0.3) is 0 Å². The van der Waals surface area contributed by atoms with Crippen molar-refractivity contribution < 1.29 is 9.84 Å². The van der Waals surface area contributed by atoms with Crippen molar-refractivity contribution in [3.05, 3.63) is 24.3 Å². The standard InChI is InChI=1S/C13H20O2/c1-2-3-4-5-8-11-15-13-10-7-6-9-12(13)14/h6-7,9-10,14H,2-5,8,11H2,1H3. The van der Waals surface area contributed by atoms with Gasteiger partial charge >= 0.3 is 0 Å². The number of unbranched alkanes of at least 4 members (excludes halogenated alkanes) is 4. The van der Waals surface area contributed by atoms with Gasteiger partial charge in [0, 0.05) is 0 Å². The summed E-state index contributed by atoms with van der Waals surface area (Å²) in [4.78, 5) is 0. The molecular formula is C13H20O2. The molecule has 0 amide bonds. The third-order valence-corrected chi connectivity index (χ3v) is 2.37. The van der Waals surface area contributed by atoms with Gasteiger partial charge in [0.15, 0.2) is 11.5 Å². The number of aromatic hydroxyl groups is 1. The van der Waals surface area contributed by atoms with E-state index in [0.29, 0.717) is 12.4 Å². The van der Waals surface area contributed by atoms with Gasteiger partial charge in [-0.1, -0.05) is 44.7 Å². The zero-order chi connectivity index (χ0) is 10.9. The molecule has 15 heavy (non-hydrogen) atoms. The number of phenolic OH excluding ortho intramolecular Hbond substituents is 1. The van der Waals surface area contributed by atoms with Gasteiger partial charge in [-0.25, -0.2) is 0 Å². The van der Waals surface area contributed by atoms with E-state index in [2.05, 4.69) is 6.92 Å². The van der Waals surface area contributed by atoms with E-state index in [4.69, 9.17) is 4.74 Å². The van der Waals surface area contributed by atoms with Crippen molar-refractivity contribution in [3.8, 4) is 11.5 Å². The van der Waals surface area contributed by atoms with E-state index in [1.807, 2.05) is 6.07 Å². The van der Waals surface area contributed by atoms with Gasteiger partial charge in [0.1, 0.15) is 0 Å². The van der Waals surface area contributed by atoms with Crippen molar-refractivity contribution in [1.82, 2.24) is 0 Å². The summed E-state index contributed by atoms with van der Waals surface area (Å²) in [5, 5.41) is 9.43. The van der Waals surface area contributed by atoms with Crippen LogP contribution in [0.5, 0.6) is 11.5 Å². The Morgan fingerprint density at radius 2 is 1.80 bits per heavy atom. The molecule has 1 N–H and O–H groups in total. The number of ether oxygens (including phenoxy) is 1. The van der Waals surface area contributed by atoms with Crippen molar-refractivity contribution in [3.63, 3.8) is 0 Å².